The lowest BCUT2D eigenvalue weighted by Gasteiger charge is -2.41. The van der Waals surface area contributed by atoms with Gasteiger partial charge in [-0.05, 0) is 37.4 Å². The topological polar surface area (TPSA) is 41.5 Å². The fraction of sp³-hybridized carbons (Fsp3) is 1.00. The lowest BCUT2D eigenvalue weighted by Crippen LogP contribution is -2.50. The molecule has 0 aliphatic carbocycles. The van der Waals surface area contributed by atoms with Crippen LogP contribution in [-0.2, 0) is 4.43 Å². The summed E-state index contributed by atoms with van der Waals surface area (Å²) in [5, 5.41) is 12.7. The smallest absolute Gasteiger partial charge is 0.192 e. The highest BCUT2D eigenvalue weighted by Crippen LogP contribution is 2.38. The molecule has 2 atom stereocenters. The molecule has 0 aromatic carbocycles. The molecule has 0 radical (unpaired) electrons. The number of piperidine rings is 1. The summed E-state index contributed by atoms with van der Waals surface area (Å²) in [6.45, 7) is 12.7. The SMILES string of the molecule is CC(C)(C)[Si](C)(C)O[C@H]1CC[C@@H](CCO)NC1. The number of hydrogen-bond donors (Lipinski definition) is 2. The molecular formula is C13H29NO2Si. The lowest BCUT2D eigenvalue weighted by atomic mass is 10.0. The van der Waals surface area contributed by atoms with Crippen LogP contribution in [-0.4, -0.2) is 38.7 Å². The molecule has 1 saturated heterocycles. The summed E-state index contributed by atoms with van der Waals surface area (Å²) in [6, 6.07) is 0.485. The van der Waals surface area contributed by atoms with Crippen molar-refractivity contribution in [3.63, 3.8) is 0 Å². The van der Waals surface area contributed by atoms with Crippen molar-refractivity contribution in [1.82, 2.24) is 5.32 Å². The Morgan fingerprint density at radius 2 is 1.94 bits per heavy atom. The van der Waals surface area contributed by atoms with Gasteiger partial charge in [-0.2, -0.15) is 0 Å². The largest absolute Gasteiger partial charge is 0.413 e. The van der Waals surface area contributed by atoms with Gasteiger partial charge >= 0.3 is 0 Å². The number of nitrogens with one attached hydrogen (secondary N) is 1. The van der Waals surface area contributed by atoms with Gasteiger partial charge in [-0.15, -0.1) is 0 Å². The van der Waals surface area contributed by atoms with Gasteiger partial charge in [0.25, 0.3) is 0 Å². The molecule has 102 valence electrons. The highest BCUT2D eigenvalue weighted by atomic mass is 28.4. The number of rotatable bonds is 4. The monoisotopic (exact) mass is 259 g/mol. The second-order valence-electron chi connectivity index (χ2n) is 6.69. The number of aliphatic hydroxyl groups is 1. The minimum absolute atomic E-state index is 0.283. The van der Waals surface area contributed by atoms with Gasteiger partial charge in [0.2, 0.25) is 0 Å². The average Bonchev–Trinajstić information content (AvgIpc) is 2.19. The van der Waals surface area contributed by atoms with E-state index in [-0.39, 0.29) is 11.6 Å². The first kappa shape index (κ1) is 15.2. The van der Waals surface area contributed by atoms with Gasteiger partial charge in [0.1, 0.15) is 0 Å². The zero-order valence-corrected chi connectivity index (χ0v) is 13.0. The highest BCUT2D eigenvalue weighted by molar-refractivity contribution is 6.74. The van der Waals surface area contributed by atoms with Crippen LogP contribution in [0.25, 0.3) is 0 Å². The molecule has 0 amide bonds. The van der Waals surface area contributed by atoms with E-state index in [2.05, 4.69) is 39.2 Å². The first-order chi connectivity index (χ1) is 7.76. The maximum atomic E-state index is 8.91. The molecule has 0 spiro atoms. The quantitative estimate of drug-likeness (QED) is 0.762. The van der Waals surface area contributed by atoms with Crippen molar-refractivity contribution in [1.29, 1.82) is 0 Å². The average molecular weight is 259 g/mol. The summed E-state index contributed by atoms with van der Waals surface area (Å²) in [5.74, 6) is 0. The third kappa shape index (κ3) is 4.36. The lowest BCUT2D eigenvalue weighted by molar-refractivity contribution is 0.126. The summed E-state index contributed by atoms with van der Waals surface area (Å²) in [5.41, 5.74) is 0. The molecular weight excluding hydrogens is 230 g/mol. The van der Waals surface area contributed by atoms with Crippen molar-refractivity contribution < 1.29 is 9.53 Å². The Balaban J connectivity index is 2.40. The molecule has 0 bridgehead atoms. The molecule has 3 nitrogen and oxygen atoms in total. The maximum Gasteiger partial charge on any atom is 0.192 e. The fourth-order valence-electron chi connectivity index (χ4n) is 1.99. The van der Waals surface area contributed by atoms with E-state index in [0.29, 0.717) is 12.1 Å². The van der Waals surface area contributed by atoms with Crippen LogP contribution >= 0.6 is 0 Å². The molecule has 1 fully saturated rings. The van der Waals surface area contributed by atoms with Crippen molar-refractivity contribution in [2.75, 3.05) is 13.2 Å². The van der Waals surface area contributed by atoms with E-state index in [1.54, 1.807) is 0 Å². The van der Waals surface area contributed by atoms with Crippen molar-refractivity contribution in [2.45, 2.75) is 70.3 Å². The highest BCUT2D eigenvalue weighted by Gasteiger charge is 2.39. The summed E-state index contributed by atoms with van der Waals surface area (Å²) in [6.07, 6.45) is 3.49. The minimum atomic E-state index is -1.62. The molecule has 1 aliphatic heterocycles. The molecule has 4 heteroatoms. The van der Waals surface area contributed by atoms with Crippen LogP contribution < -0.4 is 5.32 Å². The van der Waals surface area contributed by atoms with Gasteiger partial charge in [-0.25, -0.2) is 0 Å². The van der Waals surface area contributed by atoms with Crippen LogP contribution in [0.4, 0.5) is 0 Å². The zero-order valence-electron chi connectivity index (χ0n) is 12.0. The molecule has 17 heavy (non-hydrogen) atoms. The van der Waals surface area contributed by atoms with Gasteiger partial charge < -0.3 is 14.8 Å². The molecule has 1 aliphatic rings. The standard InChI is InChI=1S/C13H29NO2Si/c1-13(2,3)17(4,5)16-12-7-6-11(8-9-15)14-10-12/h11-12,14-15H,6-10H2,1-5H3/t11-,12-/m0/s1. The van der Waals surface area contributed by atoms with E-state index in [1.807, 2.05) is 0 Å². The number of aliphatic hydroxyl groups excluding tert-OH is 1. The zero-order chi connectivity index (χ0) is 13.1. The second-order valence-corrected chi connectivity index (χ2v) is 11.5. The van der Waals surface area contributed by atoms with E-state index in [0.717, 1.165) is 25.8 Å². The van der Waals surface area contributed by atoms with Crippen molar-refractivity contribution in [3.05, 3.63) is 0 Å². The number of hydrogen-bond acceptors (Lipinski definition) is 3. The first-order valence-electron chi connectivity index (χ1n) is 6.78. The normalized spacial score (nSPS) is 27.2. The van der Waals surface area contributed by atoms with Crippen LogP contribution in [0.5, 0.6) is 0 Å². The minimum Gasteiger partial charge on any atom is -0.413 e. The Morgan fingerprint density at radius 1 is 1.29 bits per heavy atom. The van der Waals surface area contributed by atoms with Crippen LogP contribution in [0, 0.1) is 0 Å². The van der Waals surface area contributed by atoms with Crippen LogP contribution in [0.15, 0.2) is 0 Å². The second kappa shape index (κ2) is 5.82. The Labute approximate surface area is 107 Å². The van der Waals surface area contributed by atoms with Crippen molar-refractivity contribution >= 4 is 8.32 Å². The molecule has 2 N–H and O–H groups in total. The third-order valence-electron chi connectivity index (χ3n) is 4.22. The molecule has 0 aromatic rings. The van der Waals surface area contributed by atoms with E-state index in [4.69, 9.17) is 9.53 Å². The molecule has 1 rings (SSSR count). The fourth-order valence-corrected chi connectivity index (χ4v) is 3.37. The van der Waals surface area contributed by atoms with Crippen molar-refractivity contribution in [2.24, 2.45) is 0 Å². The Bertz CT molecular complexity index is 230. The summed E-state index contributed by atoms with van der Waals surface area (Å²) in [4.78, 5) is 0. The van der Waals surface area contributed by atoms with Gasteiger partial charge in [0.05, 0.1) is 6.10 Å². The maximum absolute atomic E-state index is 8.91. The molecule has 0 saturated carbocycles. The van der Waals surface area contributed by atoms with Gasteiger partial charge in [-0.1, -0.05) is 20.8 Å². The van der Waals surface area contributed by atoms with E-state index in [1.165, 1.54) is 0 Å². The molecule has 0 unspecified atom stereocenters. The molecule has 0 aromatic heterocycles. The summed E-state index contributed by atoms with van der Waals surface area (Å²) >= 11 is 0. The van der Waals surface area contributed by atoms with Crippen LogP contribution in [0.2, 0.25) is 18.1 Å². The van der Waals surface area contributed by atoms with Gasteiger partial charge in [-0.3, -0.25) is 0 Å². The Hall–Kier alpha value is 0.0969. The first-order valence-corrected chi connectivity index (χ1v) is 9.69. The predicted molar refractivity (Wildman–Crippen MR) is 74.8 cm³/mol. The third-order valence-corrected chi connectivity index (χ3v) is 8.75. The summed E-state index contributed by atoms with van der Waals surface area (Å²) in [7, 11) is -1.62. The molecule has 1 heterocycles. The van der Waals surface area contributed by atoms with Gasteiger partial charge in [0.15, 0.2) is 8.32 Å². The van der Waals surface area contributed by atoms with Gasteiger partial charge in [0, 0.05) is 19.2 Å². The van der Waals surface area contributed by atoms with Crippen LogP contribution in [0.3, 0.4) is 0 Å². The van der Waals surface area contributed by atoms with E-state index >= 15 is 0 Å². The summed E-state index contributed by atoms with van der Waals surface area (Å²) < 4.78 is 6.38. The van der Waals surface area contributed by atoms with Crippen LogP contribution in [0.1, 0.15) is 40.0 Å². The van der Waals surface area contributed by atoms with E-state index in [9.17, 15) is 0 Å². The Morgan fingerprint density at radius 3 is 2.35 bits per heavy atom. The Kier molecular flexibility index (Phi) is 5.19. The predicted octanol–water partition coefficient (Wildman–Crippen LogP) is 2.51. The van der Waals surface area contributed by atoms with E-state index < -0.39 is 8.32 Å². The van der Waals surface area contributed by atoms with Crippen molar-refractivity contribution in [3.8, 4) is 0 Å².